The highest BCUT2D eigenvalue weighted by Gasteiger charge is 2.22. The van der Waals surface area contributed by atoms with Crippen LogP contribution in [-0.4, -0.2) is 18.2 Å². The van der Waals surface area contributed by atoms with Gasteiger partial charge in [-0.05, 0) is 18.2 Å². The monoisotopic (exact) mass is 239 g/mol. The van der Waals surface area contributed by atoms with Gasteiger partial charge in [0.1, 0.15) is 0 Å². The van der Waals surface area contributed by atoms with E-state index < -0.39 is 0 Å². The quantitative estimate of drug-likeness (QED) is 0.744. The molecular weight excluding hydrogens is 234 g/mol. The van der Waals surface area contributed by atoms with Gasteiger partial charge in [-0.2, -0.15) is 0 Å². The van der Waals surface area contributed by atoms with Crippen LogP contribution in [0.25, 0.3) is 0 Å². The summed E-state index contributed by atoms with van der Waals surface area (Å²) < 4.78 is 0.814. The summed E-state index contributed by atoms with van der Waals surface area (Å²) in [6.07, 6.45) is 0. The molecule has 0 saturated heterocycles. The van der Waals surface area contributed by atoms with Crippen LogP contribution in [0.1, 0.15) is 20.7 Å². The lowest BCUT2D eigenvalue weighted by Crippen LogP contribution is -2.36. The first kappa shape index (κ1) is 8.44. The maximum atomic E-state index is 11.3. The molecule has 0 spiro atoms. The summed E-state index contributed by atoms with van der Waals surface area (Å²) in [4.78, 5) is 22.6. The lowest BCUT2D eigenvalue weighted by atomic mass is 10.00. The Bertz CT molecular complexity index is 401. The molecule has 1 aliphatic rings. The Morgan fingerprint density at radius 3 is 2.77 bits per heavy atom. The van der Waals surface area contributed by atoms with Crippen molar-refractivity contribution in [3.63, 3.8) is 0 Å². The van der Waals surface area contributed by atoms with Gasteiger partial charge in [0.2, 0.25) is 0 Å². The van der Waals surface area contributed by atoms with Gasteiger partial charge in [-0.25, -0.2) is 0 Å². The zero-order valence-electron chi connectivity index (χ0n) is 6.63. The highest BCUT2D eigenvalue weighted by molar-refractivity contribution is 9.10. The molecule has 66 valence electrons. The molecule has 0 unspecified atom stereocenters. The maximum absolute atomic E-state index is 11.3. The highest BCUT2D eigenvalue weighted by Crippen LogP contribution is 2.19. The van der Waals surface area contributed by atoms with Crippen LogP contribution in [0.2, 0.25) is 0 Å². The van der Waals surface area contributed by atoms with Gasteiger partial charge in [0.15, 0.2) is 5.78 Å². The molecule has 0 fully saturated rings. The number of rotatable bonds is 0. The molecule has 0 atom stereocenters. The fourth-order valence-corrected chi connectivity index (χ4v) is 1.66. The highest BCUT2D eigenvalue weighted by atomic mass is 79.9. The van der Waals surface area contributed by atoms with E-state index in [-0.39, 0.29) is 18.2 Å². The third-order valence-corrected chi connectivity index (χ3v) is 2.43. The fourth-order valence-electron chi connectivity index (χ4n) is 1.30. The molecule has 1 aromatic rings. The fraction of sp³-hybridized carbons (Fsp3) is 0.111. The molecule has 0 saturated carbocycles. The minimum absolute atomic E-state index is 0.0455. The second-order valence-corrected chi connectivity index (χ2v) is 3.71. The van der Waals surface area contributed by atoms with Crippen LogP contribution in [0, 0.1) is 0 Å². The van der Waals surface area contributed by atoms with Crippen LogP contribution in [-0.2, 0) is 0 Å². The van der Waals surface area contributed by atoms with E-state index in [2.05, 4.69) is 21.2 Å². The van der Waals surface area contributed by atoms with Gasteiger partial charge in [-0.15, -0.1) is 0 Å². The Hall–Kier alpha value is -1.16. The number of Topliss-reactive ketones (excluding diaryl/α,β-unsaturated/α-hetero) is 1. The molecule has 3 nitrogen and oxygen atoms in total. The number of hydrogen-bond acceptors (Lipinski definition) is 2. The van der Waals surface area contributed by atoms with Crippen molar-refractivity contribution >= 4 is 27.6 Å². The molecule has 0 aromatic heterocycles. The van der Waals surface area contributed by atoms with E-state index in [1.54, 1.807) is 18.2 Å². The number of benzene rings is 1. The van der Waals surface area contributed by atoms with Crippen molar-refractivity contribution in [1.29, 1.82) is 0 Å². The van der Waals surface area contributed by atoms with Crippen LogP contribution in [0.3, 0.4) is 0 Å². The summed E-state index contributed by atoms with van der Waals surface area (Å²) in [5.41, 5.74) is 0.956. The zero-order chi connectivity index (χ0) is 9.42. The average molecular weight is 240 g/mol. The molecule has 1 N–H and O–H groups in total. The Morgan fingerprint density at radius 1 is 1.23 bits per heavy atom. The molecule has 0 aliphatic carbocycles. The van der Waals surface area contributed by atoms with Crippen molar-refractivity contribution in [2.75, 3.05) is 6.54 Å². The largest absolute Gasteiger partial charge is 0.345 e. The number of carbonyl (C=O) groups is 2. The average Bonchev–Trinajstić information content (AvgIpc) is 2.12. The summed E-state index contributed by atoms with van der Waals surface area (Å²) in [5, 5.41) is 2.50. The smallest absolute Gasteiger partial charge is 0.252 e. The number of amides is 1. The van der Waals surface area contributed by atoms with Crippen LogP contribution >= 0.6 is 15.9 Å². The van der Waals surface area contributed by atoms with Crippen LogP contribution in [0.15, 0.2) is 22.7 Å². The van der Waals surface area contributed by atoms with Gasteiger partial charge >= 0.3 is 0 Å². The number of halogens is 1. The Balaban J connectivity index is 2.63. The normalized spacial score (nSPS) is 15.2. The van der Waals surface area contributed by atoms with Crippen LogP contribution < -0.4 is 5.32 Å². The van der Waals surface area contributed by atoms with Gasteiger partial charge in [-0.1, -0.05) is 15.9 Å². The maximum Gasteiger partial charge on any atom is 0.252 e. The van der Waals surface area contributed by atoms with E-state index in [4.69, 9.17) is 0 Å². The van der Waals surface area contributed by atoms with Gasteiger partial charge in [-0.3, -0.25) is 9.59 Å². The van der Waals surface area contributed by atoms with Crippen molar-refractivity contribution in [2.24, 2.45) is 0 Å². The summed E-state index contributed by atoms with van der Waals surface area (Å²) in [6.45, 7) is 0.0995. The molecule has 2 rings (SSSR count). The molecule has 0 radical (unpaired) electrons. The van der Waals surface area contributed by atoms with Gasteiger partial charge in [0.25, 0.3) is 5.91 Å². The third-order valence-electron chi connectivity index (χ3n) is 1.94. The Morgan fingerprint density at radius 2 is 2.00 bits per heavy atom. The van der Waals surface area contributed by atoms with Gasteiger partial charge < -0.3 is 5.32 Å². The second kappa shape index (κ2) is 2.96. The first-order valence-electron chi connectivity index (χ1n) is 3.79. The first-order valence-corrected chi connectivity index (χ1v) is 4.59. The number of ketones is 1. The van der Waals surface area contributed by atoms with E-state index in [1.807, 2.05) is 0 Å². The number of nitrogens with one attached hydrogen (secondary N) is 1. The minimum Gasteiger partial charge on any atom is -0.345 e. The molecule has 13 heavy (non-hydrogen) atoms. The topological polar surface area (TPSA) is 46.2 Å². The summed E-state index contributed by atoms with van der Waals surface area (Å²) in [6, 6.07) is 5.07. The van der Waals surface area contributed by atoms with Crippen molar-refractivity contribution in [3.05, 3.63) is 33.8 Å². The standard InChI is InChI=1S/C9H6BrNO2/c10-5-1-2-6-7(3-5)8(12)4-11-9(6)13/h1-3H,4H2,(H,11,13). The SMILES string of the molecule is O=C1CNC(=O)c2ccc(Br)cc21. The van der Waals surface area contributed by atoms with E-state index in [1.165, 1.54) is 0 Å². The lowest BCUT2D eigenvalue weighted by molar-refractivity contribution is 0.0877. The zero-order valence-corrected chi connectivity index (χ0v) is 8.22. The second-order valence-electron chi connectivity index (χ2n) is 2.80. The van der Waals surface area contributed by atoms with Crippen LogP contribution in [0.4, 0.5) is 0 Å². The van der Waals surface area contributed by atoms with Crippen molar-refractivity contribution in [3.8, 4) is 0 Å². The summed E-state index contributed by atoms with van der Waals surface area (Å²) >= 11 is 3.25. The minimum atomic E-state index is -0.179. The molecule has 0 bridgehead atoms. The molecule has 4 heteroatoms. The molecule has 1 aliphatic heterocycles. The van der Waals surface area contributed by atoms with Crippen LogP contribution in [0.5, 0.6) is 0 Å². The number of carbonyl (C=O) groups excluding carboxylic acids is 2. The van der Waals surface area contributed by atoms with E-state index in [0.717, 1.165) is 4.47 Å². The third kappa shape index (κ3) is 1.37. The Labute approximate surface area is 83.3 Å². The number of hydrogen-bond donors (Lipinski definition) is 1. The van der Waals surface area contributed by atoms with E-state index in [9.17, 15) is 9.59 Å². The van der Waals surface area contributed by atoms with Crippen molar-refractivity contribution in [1.82, 2.24) is 5.32 Å². The molecular formula is C9H6BrNO2. The Kier molecular flexibility index (Phi) is 1.92. The molecule has 1 heterocycles. The van der Waals surface area contributed by atoms with Crippen molar-refractivity contribution in [2.45, 2.75) is 0 Å². The van der Waals surface area contributed by atoms with Gasteiger partial charge in [0.05, 0.1) is 12.1 Å². The molecule has 1 amide bonds. The first-order chi connectivity index (χ1) is 6.18. The summed E-state index contributed by atoms with van der Waals surface area (Å²) in [5.74, 6) is -0.224. The lowest BCUT2D eigenvalue weighted by Gasteiger charge is -2.14. The number of fused-ring (bicyclic) bond motifs is 1. The predicted molar refractivity (Wildman–Crippen MR) is 50.8 cm³/mol. The molecule has 1 aromatic carbocycles. The van der Waals surface area contributed by atoms with E-state index >= 15 is 0 Å². The van der Waals surface area contributed by atoms with E-state index in [0.29, 0.717) is 11.1 Å². The van der Waals surface area contributed by atoms with Gasteiger partial charge in [0, 0.05) is 10.0 Å². The van der Waals surface area contributed by atoms with Crippen molar-refractivity contribution < 1.29 is 9.59 Å². The summed E-state index contributed by atoms with van der Waals surface area (Å²) in [7, 11) is 0. The predicted octanol–water partition coefficient (Wildman–Crippen LogP) is 1.38.